The van der Waals surface area contributed by atoms with Crippen LogP contribution in [0.4, 0.5) is 5.00 Å². The van der Waals surface area contributed by atoms with Gasteiger partial charge in [-0.05, 0) is 55.2 Å². The molecule has 1 heterocycles. The van der Waals surface area contributed by atoms with E-state index in [2.05, 4.69) is 5.32 Å². The number of primary amides is 1. The molecular weight excluding hydrogens is 384 g/mol. The third-order valence-corrected chi connectivity index (χ3v) is 6.01. The maximum Gasteiger partial charge on any atom is 0.262 e. The molecule has 0 saturated heterocycles. The van der Waals surface area contributed by atoms with Gasteiger partial charge in [0.1, 0.15) is 10.8 Å². The van der Waals surface area contributed by atoms with E-state index in [1.165, 1.54) is 11.3 Å². The summed E-state index contributed by atoms with van der Waals surface area (Å²) >= 11 is 1.38. The van der Waals surface area contributed by atoms with Crippen molar-refractivity contribution in [2.24, 2.45) is 5.73 Å². The Morgan fingerprint density at radius 2 is 1.76 bits per heavy atom. The summed E-state index contributed by atoms with van der Waals surface area (Å²) in [4.78, 5) is 25.4. The molecule has 0 unspecified atom stereocenters. The summed E-state index contributed by atoms with van der Waals surface area (Å²) in [6.45, 7) is 5.72. The van der Waals surface area contributed by atoms with Crippen molar-refractivity contribution in [3.8, 4) is 5.75 Å². The Hall–Kier alpha value is -3.12. The number of ether oxygens (including phenoxy) is 1. The molecule has 0 bridgehead atoms. The second kappa shape index (κ2) is 8.92. The number of hydrogen-bond acceptors (Lipinski definition) is 4. The third kappa shape index (κ3) is 5.03. The molecule has 0 atom stereocenters. The van der Waals surface area contributed by atoms with Crippen LogP contribution in [0.2, 0.25) is 0 Å². The van der Waals surface area contributed by atoms with Gasteiger partial charge < -0.3 is 15.8 Å². The number of rotatable bonds is 7. The average molecular weight is 409 g/mol. The van der Waals surface area contributed by atoms with Crippen LogP contribution in [0.3, 0.4) is 0 Å². The number of thiophene rings is 1. The Bertz CT molecular complexity index is 1040. The lowest BCUT2D eigenvalue weighted by Gasteiger charge is -2.09. The lowest BCUT2D eigenvalue weighted by Crippen LogP contribution is -2.22. The number of aryl methyl sites for hydroxylation is 2. The van der Waals surface area contributed by atoms with Crippen molar-refractivity contribution in [1.29, 1.82) is 0 Å². The molecule has 0 aliphatic carbocycles. The molecule has 3 rings (SSSR count). The number of nitrogens with two attached hydrogens (primary N) is 1. The number of hydrogen-bond donors (Lipinski definition) is 2. The normalized spacial score (nSPS) is 10.6. The molecule has 0 spiro atoms. The molecule has 6 heteroatoms. The highest BCUT2D eigenvalue weighted by Crippen LogP contribution is 2.34. The predicted octanol–water partition coefficient (Wildman–Crippen LogP) is 4.38. The monoisotopic (exact) mass is 408 g/mol. The second-order valence-corrected chi connectivity index (χ2v) is 8.07. The standard InChI is InChI=1S/C23H24N2O3S/c1-14-9-10-18(11-15(14)2)28-13-20(26)25-23-21(22(24)27)16(3)19(29-23)12-17-7-5-4-6-8-17/h4-11H,12-13H2,1-3H3,(H2,24,27)(H,25,26). The molecule has 29 heavy (non-hydrogen) atoms. The van der Waals surface area contributed by atoms with Gasteiger partial charge in [0, 0.05) is 11.3 Å². The van der Waals surface area contributed by atoms with Crippen molar-refractivity contribution in [2.75, 3.05) is 11.9 Å². The zero-order chi connectivity index (χ0) is 21.0. The fourth-order valence-electron chi connectivity index (χ4n) is 3.01. The zero-order valence-corrected chi connectivity index (χ0v) is 17.6. The summed E-state index contributed by atoms with van der Waals surface area (Å²) in [5, 5.41) is 3.26. The summed E-state index contributed by atoms with van der Waals surface area (Å²) in [5.41, 5.74) is 10.1. The van der Waals surface area contributed by atoms with Crippen LogP contribution in [-0.4, -0.2) is 18.4 Å². The fraction of sp³-hybridized carbons (Fsp3) is 0.217. The van der Waals surface area contributed by atoms with Crippen molar-refractivity contribution in [3.05, 3.63) is 81.2 Å². The first kappa shape index (κ1) is 20.6. The van der Waals surface area contributed by atoms with Gasteiger partial charge in [0.05, 0.1) is 5.56 Å². The van der Waals surface area contributed by atoms with Gasteiger partial charge >= 0.3 is 0 Å². The lowest BCUT2D eigenvalue weighted by molar-refractivity contribution is -0.118. The van der Waals surface area contributed by atoms with E-state index in [9.17, 15) is 9.59 Å². The highest BCUT2D eigenvalue weighted by atomic mass is 32.1. The van der Waals surface area contributed by atoms with Gasteiger partial charge in [-0.2, -0.15) is 0 Å². The summed E-state index contributed by atoms with van der Waals surface area (Å²) < 4.78 is 5.59. The molecule has 150 valence electrons. The van der Waals surface area contributed by atoms with E-state index in [-0.39, 0.29) is 12.5 Å². The zero-order valence-electron chi connectivity index (χ0n) is 16.7. The van der Waals surface area contributed by atoms with Crippen LogP contribution in [0.15, 0.2) is 48.5 Å². The molecule has 0 fully saturated rings. The van der Waals surface area contributed by atoms with Crippen LogP contribution < -0.4 is 15.8 Å². The Morgan fingerprint density at radius 1 is 1.03 bits per heavy atom. The van der Waals surface area contributed by atoms with Crippen LogP contribution >= 0.6 is 11.3 Å². The van der Waals surface area contributed by atoms with E-state index in [4.69, 9.17) is 10.5 Å². The predicted molar refractivity (Wildman–Crippen MR) is 117 cm³/mol. The highest BCUT2D eigenvalue weighted by molar-refractivity contribution is 7.17. The molecule has 0 radical (unpaired) electrons. The van der Waals surface area contributed by atoms with Crippen molar-refractivity contribution in [3.63, 3.8) is 0 Å². The van der Waals surface area contributed by atoms with Crippen LogP contribution in [0.1, 0.15) is 37.5 Å². The molecule has 2 aromatic carbocycles. The van der Waals surface area contributed by atoms with Crippen LogP contribution in [0.25, 0.3) is 0 Å². The van der Waals surface area contributed by atoms with Gasteiger partial charge in [-0.3, -0.25) is 9.59 Å². The van der Waals surface area contributed by atoms with E-state index in [0.29, 0.717) is 22.7 Å². The Balaban J connectivity index is 1.73. The van der Waals surface area contributed by atoms with Gasteiger partial charge in [-0.25, -0.2) is 0 Å². The van der Waals surface area contributed by atoms with E-state index in [1.54, 1.807) is 0 Å². The first-order chi connectivity index (χ1) is 13.8. The molecule has 0 aliphatic heterocycles. The smallest absolute Gasteiger partial charge is 0.262 e. The minimum absolute atomic E-state index is 0.147. The Labute approximate surface area is 174 Å². The summed E-state index contributed by atoms with van der Waals surface area (Å²) in [7, 11) is 0. The van der Waals surface area contributed by atoms with Crippen LogP contribution in [0.5, 0.6) is 5.75 Å². The van der Waals surface area contributed by atoms with Crippen LogP contribution in [0, 0.1) is 20.8 Å². The second-order valence-electron chi connectivity index (χ2n) is 6.96. The molecule has 2 amide bonds. The van der Waals surface area contributed by atoms with Gasteiger partial charge in [0.2, 0.25) is 0 Å². The van der Waals surface area contributed by atoms with Crippen molar-refractivity contribution < 1.29 is 14.3 Å². The summed E-state index contributed by atoms with van der Waals surface area (Å²) in [6, 6.07) is 15.6. The quantitative estimate of drug-likeness (QED) is 0.609. The maximum absolute atomic E-state index is 12.4. The number of carbonyl (C=O) groups is 2. The molecule has 0 saturated carbocycles. The van der Waals surface area contributed by atoms with Crippen molar-refractivity contribution >= 4 is 28.2 Å². The summed E-state index contributed by atoms with van der Waals surface area (Å²) in [5.74, 6) is -0.257. The van der Waals surface area contributed by atoms with Crippen molar-refractivity contribution in [2.45, 2.75) is 27.2 Å². The number of amides is 2. The minimum atomic E-state index is -0.552. The Kier molecular flexibility index (Phi) is 6.34. The fourth-order valence-corrected chi connectivity index (χ4v) is 4.27. The maximum atomic E-state index is 12.4. The van der Waals surface area contributed by atoms with E-state index < -0.39 is 5.91 Å². The number of nitrogens with one attached hydrogen (secondary N) is 1. The molecular formula is C23H24N2O3S. The largest absolute Gasteiger partial charge is 0.484 e. The van der Waals surface area contributed by atoms with E-state index in [0.717, 1.165) is 27.1 Å². The number of benzene rings is 2. The molecule has 5 nitrogen and oxygen atoms in total. The van der Waals surface area contributed by atoms with E-state index in [1.807, 2.05) is 69.3 Å². The first-order valence-corrected chi connectivity index (χ1v) is 10.1. The highest BCUT2D eigenvalue weighted by Gasteiger charge is 2.21. The average Bonchev–Trinajstić information content (AvgIpc) is 2.98. The topological polar surface area (TPSA) is 81.4 Å². The van der Waals surface area contributed by atoms with Crippen LogP contribution in [-0.2, 0) is 11.2 Å². The summed E-state index contributed by atoms with van der Waals surface area (Å²) in [6.07, 6.45) is 0.673. The molecule has 3 N–H and O–H groups in total. The SMILES string of the molecule is Cc1ccc(OCC(=O)Nc2sc(Cc3ccccc3)c(C)c2C(N)=O)cc1C. The van der Waals surface area contributed by atoms with E-state index >= 15 is 0 Å². The number of anilines is 1. The van der Waals surface area contributed by atoms with Gasteiger partial charge in [-0.15, -0.1) is 11.3 Å². The molecule has 1 aromatic heterocycles. The Morgan fingerprint density at radius 3 is 2.41 bits per heavy atom. The molecule has 3 aromatic rings. The van der Waals surface area contributed by atoms with Gasteiger partial charge in [-0.1, -0.05) is 36.4 Å². The van der Waals surface area contributed by atoms with Gasteiger partial charge in [0.25, 0.3) is 11.8 Å². The number of carbonyl (C=O) groups excluding carboxylic acids is 2. The minimum Gasteiger partial charge on any atom is -0.484 e. The lowest BCUT2D eigenvalue weighted by atomic mass is 10.1. The molecule has 0 aliphatic rings. The third-order valence-electron chi connectivity index (χ3n) is 4.80. The van der Waals surface area contributed by atoms with Gasteiger partial charge in [0.15, 0.2) is 6.61 Å². The van der Waals surface area contributed by atoms with Crippen molar-refractivity contribution in [1.82, 2.24) is 0 Å². The first-order valence-electron chi connectivity index (χ1n) is 9.31.